The molecule has 0 aliphatic heterocycles. The Balaban J connectivity index is 4.29. The van der Waals surface area contributed by atoms with Gasteiger partial charge in [0, 0.05) is 6.61 Å². The molecule has 108 valence electrons. The molecule has 18 heavy (non-hydrogen) atoms. The minimum atomic E-state index is -0.651. The van der Waals surface area contributed by atoms with Gasteiger partial charge >= 0.3 is 5.97 Å². The van der Waals surface area contributed by atoms with Gasteiger partial charge in [-0.3, -0.25) is 4.79 Å². The first-order valence-corrected chi connectivity index (χ1v) is 6.82. The molecular weight excluding hydrogens is 230 g/mol. The van der Waals surface area contributed by atoms with Crippen molar-refractivity contribution in [2.24, 2.45) is 5.92 Å². The number of esters is 1. The molecule has 0 fully saturated rings. The van der Waals surface area contributed by atoms with E-state index in [1.165, 1.54) is 7.11 Å². The van der Waals surface area contributed by atoms with Crippen LogP contribution in [-0.2, 0) is 14.3 Å². The summed E-state index contributed by atoms with van der Waals surface area (Å²) in [6.07, 6.45) is 1.81. The molecule has 4 heteroatoms. The van der Waals surface area contributed by atoms with Crippen molar-refractivity contribution in [2.75, 3.05) is 20.3 Å². The monoisotopic (exact) mass is 259 g/mol. The van der Waals surface area contributed by atoms with Crippen LogP contribution >= 0.6 is 0 Å². The van der Waals surface area contributed by atoms with Crippen LogP contribution in [0.5, 0.6) is 0 Å². The highest BCUT2D eigenvalue weighted by Crippen LogP contribution is 2.14. The van der Waals surface area contributed by atoms with Gasteiger partial charge in [0.1, 0.15) is 5.54 Å². The molecule has 0 bridgehead atoms. The molecule has 4 nitrogen and oxygen atoms in total. The smallest absolute Gasteiger partial charge is 0.325 e. The van der Waals surface area contributed by atoms with Gasteiger partial charge in [0.05, 0.1) is 13.2 Å². The van der Waals surface area contributed by atoms with Gasteiger partial charge in [0.15, 0.2) is 0 Å². The molecule has 0 amide bonds. The van der Waals surface area contributed by atoms with E-state index in [-0.39, 0.29) is 12.1 Å². The zero-order valence-corrected chi connectivity index (χ0v) is 12.7. The number of hydrogen-bond acceptors (Lipinski definition) is 4. The summed E-state index contributed by atoms with van der Waals surface area (Å²) >= 11 is 0. The van der Waals surface area contributed by atoms with Gasteiger partial charge in [-0.1, -0.05) is 20.8 Å². The Kier molecular flexibility index (Phi) is 8.20. The van der Waals surface area contributed by atoms with Gasteiger partial charge in [-0.25, -0.2) is 0 Å². The molecule has 0 saturated carbocycles. The lowest BCUT2D eigenvalue weighted by molar-refractivity contribution is -0.149. The zero-order chi connectivity index (χ0) is 14.2. The summed E-state index contributed by atoms with van der Waals surface area (Å²) in [7, 11) is 1.42. The van der Waals surface area contributed by atoms with Crippen molar-refractivity contribution in [3.8, 4) is 0 Å². The third-order valence-electron chi connectivity index (χ3n) is 3.32. The lowest BCUT2D eigenvalue weighted by Crippen LogP contribution is -2.51. The summed E-state index contributed by atoms with van der Waals surface area (Å²) in [5.41, 5.74) is -0.651. The Labute approximate surface area is 111 Å². The third kappa shape index (κ3) is 5.83. The zero-order valence-electron chi connectivity index (χ0n) is 12.7. The summed E-state index contributed by atoms with van der Waals surface area (Å²) in [5.74, 6) is 0.259. The number of nitrogens with one attached hydrogen (secondary N) is 1. The topological polar surface area (TPSA) is 47.6 Å². The Morgan fingerprint density at radius 2 is 1.94 bits per heavy atom. The number of hydrogen-bond donors (Lipinski definition) is 1. The highest BCUT2D eigenvalue weighted by molar-refractivity contribution is 5.80. The number of methoxy groups -OCH3 is 1. The van der Waals surface area contributed by atoms with Gasteiger partial charge in [0.2, 0.25) is 0 Å². The van der Waals surface area contributed by atoms with Crippen LogP contribution < -0.4 is 5.32 Å². The van der Waals surface area contributed by atoms with Gasteiger partial charge < -0.3 is 14.8 Å². The van der Waals surface area contributed by atoms with Crippen molar-refractivity contribution in [1.82, 2.24) is 5.32 Å². The first-order chi connectivity index (χ1) is 8.37. The van der Waals surface area contributed by atoms with Crippen molar-refractivity contribution in [3.05, 3.63) is 0 Å². The molecule has 1 N–H and O–H groups in total. The molecular formula is C14H29NO3. The quantitative estimate of drug-likeness (QED) is 0.646. The van der Waals surface area contributed by atoms with Gasteiger partial charge in [0.25, 0.3) is 0 Å². The summed E-state index contributed by atoms with van der Waals surface area (Å²) < 4.78 is 10.6. The Bertz CT molecular complexity index is 243. The molecule has 0 aliphatic carbocycles. The van der Waals surface area contributed by atoms with E-state index >= 15 is 0 Å². The van der Waals surface area contributed by atoms with E-state index in [1.54, 1.807) is 0 Å². The van der Waals surface area contributed by atoms with Crippen LogP contribution in [0, 0.1) is 5.92 Å². The highest BCUT2D eigenvalue weighted by Gasteiger charge is 2.33. The molecule has 0 aromatic heterocycles. The van der Waals surface area contributed by atoms with Gasteiger partial charge in [-0.2, -0.15) is 0 Å². The Hall–Kier alpha value is -0.610. The van der Waals surface area contributed by atoms with E-state index in [0.717, 1.165) is 13.0 Å². The van der Waals surface area contributed by atoms with Crippen LogP contribution in [0.2, 0.25) is 0 Å². The molecule has 0 rings (SSSR count). The van der Waals surface area contributed by atoms with E-state index in [1.807, 2.05) is 6.92 Å². The van der Waals surface area contributed by atoms with Gasteiger partial charge in [-0.05, 0) is 39.2 Å². The molecule has 0 spiro atoms. The minimum absolute atomic E-state index is 0.207. The lowest BCUT2D eigenvalue weighted by Gasteiger charge is -2.28. The fraction of sp³-hybridized carbons (Fsp3) is 0.929. The molecule has 2 unspecified atom stereocenters. The lowest BCUT2D eigenvalue weighted by atomic mass is 9.98. The maximum atomic E-state index is 11.8. The van der Waals surface area contributed by atoms with Crippen LogP contribution in [0.4, 0.5) is 0 Å². The normalized spacial score (nSPS) is 16.4. The second-order valence-electron chi connectivity index (χ2n) is 5.32. The van der Waals surface area contributed by atoms with Gasteiger partial charge in [-0.15, -0.1) is 0 Å². The van der Waals surface area contributed by atoms with E-state index in [0.29, 0.717) is 18.9 Å². The number of carbonyl (C=O) groups excluding carboxylic acids is 1. The Morgan fingerprint density at radius 1 is 1.33 bits per heavy atom. The van der Waals surface area contributed by atoms with E-state index < -0.39 is 5.54 Å². The summed E-state index contributed by atoms with van der Waals surface area (Å²) in [6, 6.07) is 0. The Morgan fingerprint density at radius 3 is 2.39 bits per heavy atom. The molecule has 0 radical (unpaired) electrons. The van der Waals surface area contributed by atoms with Crippen LogP contribution in [0.25, 0.3) is 0 Å². The van der Waals surface area contributed by atoms with Crippen molar-refractivity contribution in [3.63, 3.8) is 0 Å². The van der Waals surface area contributed by atoms with Crippen LogP contribution in [0.3, 0.4) is 0 Å². The fourth-order valence-electron chi connectivity index (χ4n) is 1.53. The summed E-state index contributed by atoms with van der Waals surface area (Å²) in [6.45, 7) is 11.6. The average molecular weight is 259 g/mol. The number of carbonyl (C=O) groups is 1. The molecule has 2 atom stereocenters. The second-order valence-corrected chi connectivity index (χ2v) is 5.32. The predicted molar refractivity (Wildman–Crippen MR) is 73.6 cm³/mol. The van der Waals surface area contributed by atoms with Crippen LogP contribution in [0.15, 0.2) is 0 Å². The fourth-order valence-corrected chi connectivity index (χ4v) is 1.53. The third-order valence-corrected chi connectivity index (χ3v) is 3.32. The van der Waals surface area contributed by atoms with E-state index in [4.69, 9.17) is 9.47 Å². The first kappa shape index (κ1) is 17.4. The van der Waals surface area contributed by atoms with Crippen molar-refractivity contribution in [2.45, 2.75) is 59.1 Å². The SMILES string of the molecule is CCCNC(C)(CCOC(C)C(C)C)C(=O)OC. The van der Waals surface area contributed by atoms with Crippen molar-refractivity contribution in [1.29, 1.82) is 0 Å². The summed E-state index contributed by atoms with van der Waals surface area (Å²) in [4.78, 5) is 11.8. The first-order valence-electron chi connectivity index (χ1n) is 6.82. The van der Waals surface area contributed by atoms with Crippen molar-refractivity contribution >= 4 is 5.97 Å². The van der Waals surface area contributed by atoms with Crippen molar-refractivity contribution < 1.29 is 14.3 Å². The highest BCUT2D eigenvalue weighted by atomic mass is 16.5. The average Bonchev–Trinajstić information content (AvgIpc) is 2.34. The maximum Gasteiger partial charge on any atom is 0.325 e. The second kappa shape index (κ2) is 8.48. The van der Waals surface area contributed by atoms with E-state index in [9.17, 15) is 4.79 Å². The molecule has 0 aromatic carbocycles. The largest absolute Gasteiger partial charge is 0.468 e. The van der Waals surface area contributed by atoms with Crippen LogP contribution in [0.1, 0.15) is 47.5 Å². The van der Waals surface area contributed by atoms with Crippen LogP contribution in [-0.4, -0.2) is 37.9 Å². The molecule has 0 aromatic rings. The predicted octanol–water partition coefficient (Wildman–Crippen LogP) is 2.37. The molecule has 0 aliphatic rings. The molecule has 0 saturated heterocycles. The maximum absolute atomic E-state index is 11.8. The minimum Gasteiger partial charge on any atom is -0.468 e. The number of ether oxygens (including phenoxy) is 2. The van der Waals surface area contributed by atoms with E-state index in [2.05, 4.69) is 33.0 Å². The summed E-state index contributed by atoms with van der Waals surface area (Å²) in [5, 5.41) is 3.24. The standard InChI is InChI=1S/C14H29NO3/c1-7-9-15-14(5,13(16)17-6)8-10-18-12(4)11(2)3/h11-12,15H,7-10H2,1-6H3. The number of rotatable bonds is 9. The molecule has 0 heterocycles.